The third kappa shape index (κ3) is 1.69. The molecule has 2 aromatic carbocycles. The van der Waals surface area contributed by atoms with E-state index in [0.717, 1.165) is 0 Å². The van der Waals surface area contributed by atoms with Crippen LogP contribution in [0.5, 0.6) is 0 Å². The van der Waals surface area contributed by atoms with Crippen molar-refractivity contribution in [1.82, 2.24) is 0 Å². The molecule has 22 heavy (non-hydrogen) atoms. The lowest BCUT2D eigenvalue weighted by Gasteiger charge is -2.19. The quantitative estimate of drug-likeness (QED) is 0.634. The fourth-order valence-electron chi connectivity index (χ4n) is 4.31. The molecule has 0 aromatic heterocycles. The van der Waals surface area contributed by atoms with Gasteiger partial charge in [-0.25, -0.2) is 0 Å². The molecule has 0 amide bonds. The lowest BCUT2D eigenvalue weighted by Crippen LogP contribution is -2.38. The van der Waals surface area contributed by atoms with E-state index in [1.165, 1.54) is 33.4 Å². The molecule has 0 saturated carbocycles. The molecule has 0 atom stereocenters. The van der Waals surface area contributed by atoms with Gasteiger partial charge in [-0.05, 0) is 121 Å². The zero-order valence-electron chi connectivity index (χ0n) is 15.5. The minimum atomic E-state index is -0.652. The van der Waals surface area contributed by atoms with Gasteiger partial charge in [0.2, 0.25) is 0 Å². The van der Waals surface area contributed by atoms with Gasteiger partial charge in [-0.3, -0.25) is 0 Å². The van der Waals surface area contributed by atoms with Gasteiger partial charge in [0.15, 0.2) is 0 Å². The van der Waals surface area contributed by atoms with Crippen LogP contribution in [0.4, 0.5) is 0 Å². The van der Waals surface area contributed by atoms with Crippen molar-refractivity contribution in [1.29, 1.82) is 0 Å². The third-order valence-corrected chi connectivity index (χ3v) is 9.12. The Bertz CT molecular complexity index is 756. The van der Waals surface area contributed by atoms with Crippen LogP contribution < -0.4 is 10.4 Å². The molecule has 2 aromatic rings. The normalized spacial score (nSPS) is 13.5. The molecule has 1 radical (unpaired) electrons. The van der Waals surface area contributed by atoms with E-state index in [1.807, 2.05) is 0 Å². The molecule has 0 saturated heterocycles. The summed E-state index contributed by atoms with van der Waals surface area (Å²) < 4.78 is 0. The van der Waals surface area contributed by atoms with Crippen LogP contribution in [-0.2, 0) is 0 Å². The fraction of sp³-hybridized carbons (Fsp3) is 0.429. The van der Waals surface area contributed by atoms with E-state index in [1.54, 1.807) is 32.6 Å². The van der Waals surface area contributed by atoms with Gasteiger partial charge in [0.25, 0.3) is 0 Å². The van der Waals surface area contributed by atoms with E-state index in [4.69, 9.17) is 0 Å². The molecule has 0 spiro atoms. The largest absolute Gasteiger partial charge is 0.120 e. The minimum Gasteiger partial charge on any atom is -0.0628 e. The van der Waals surface area contributed by atoms with Crippen LogP contribution in [0.15, 0.2) is 0 Å². The molecule has 115 valence electrons. The maximum Gasteiger partial charge on any atom is 0.120 e. The Kier molecular flexibility index (Phi) is 3.41. The fourth-order valence-corrected chi connectivity index (χ4v) is 7.44. The number of hydrogen-bond acceptors (Lipinski definition) is 0. The topological polar surface area (TPSA) is 0 Å². The lowest BCUT2D eigenvalue weighted by atomic mass is 9.86. The summed E-state index contributed by atoms with van der Waals surface area (Å²) in [4.78, 5) is 0. The number of hydrogen-bond donors (Lipinski definition) is 0. The highest BCUT2D eigenvalue weighted by Gasteiger charge is 2.34. The van der Waals surface area contributed by atoms with E-state index in [-0.39, 0.29) is 0 Å². The van der Waals surface area contributed by atoms with Crippen molar-refractivity contribution in [3.63, 3.8) is 0 Å². The second-order valence-electron chi connectivity index (χ2n) is 7.12. The summed E-state index contributed by atoms with van der Waals surface area (Å²) in [5.41, 5.74) is 15.2. The first kappa shape index (κ1) is 15.5. The van der Waals surface area contributed by atoms with Crippen LogP contribution in [0.3, 0.4) is 0 Å². The van der Waals surface area contributed by atoms with E-state index >= 15 is 0 Å². The van der Waals surface area contributed by atoms with Gasteiger partial charge < -0.3 is 0 Å². The molecule has 1 heterocycles. The Balaban J connectivity index is 2.56. The molecule has 0 N–H and O–H groups in total. The minimum absolute atomic E-state index is 0.652. The van der Waals surface area contributed by atoms with Gasteiger partial charge in [0.05, 0.1) is 0 Å². The van der Waals surface area contributed by atoms with Crippen LogP contribution in [0, 0.1) is 55.4 Å². The third-order valence-electron chi connectivity index (χ3n) is 6.38. The van der Waals surface area contributed by atoms with Crippen molar-refractivity contribution in [2.45, 2.75) is 61.9 Å². The predicted molar refractivity (Wildman–Crippen MR) is 101 cm³/mol. The first-order chi connectivity index (χ1) is 10.2. The highest BCUT2D eigenvalue weighted by Crippen LogP contribution is 2.37. The van der Waals surface area contributed by atoms with Gasteiger partial charge in [0.1, 0.15) is 8.80 Å². The number of rotatable bonds is 0. The molecule has 1 aliphatic rings. The van der Waals surface area contributed by atoms with E-state index in [9.17, 15) is 0 Å². The van der Waals surface area contributed by atoms with Crippen molar-refractivity contribution in [3.05, 3.63) is 44.5 Å². The molecule has 0 bridgehead atoms. The molecule has 3 rings (SSSR count). The summed E-state index contributed by atoms with van der Waals surface area (Å²) in [5, 5.41) is 3.36. The maximum absolute atomic E-state index is 2.50. The van der Waals surface area contributed by atoms with Gasteiger partial charge in [-0.1, -0.05) is 6.55 Å². The zero-order chi connectivity index (χ0) is 16.5. The summed E-state index contributed by atoms with van der Waals surface area (Å²) in [5.74, 6) is 0. The van der Waals surface area contributed by atoms with Crippen molar-refractivity contribution in [2.24, 2.45) is 0 Å². The second-order valence-corrected chi connectivity index (χ2v) is 9.38. The van der Waals surface area contributed by atoms with Crippen molar-refractivity contribution < 1.29 is 0 Å². The highest BCUT2D eigenvalue weighted by molar-refractivity contribution is 6.89. The standard InChI is InChI=1S/C21H27Si/c1-10-12(3)16(7)20-18(14(10)5)19-15(6)11(2)13(4)17(8)21(19)22(20)9/h1-9H3. The second kappa shape index (κ2) is 4.83. The monoisotopic (exact) mass is 307 g/mol. The first-order valence-electron chi connectivity index (χ1n) is 8.25. The molecule has 0 nitrogen and oxygen atoms in total. The van der Waals surface area contributed by atoms with Crippen molar-refractivity contribution in [2.75, 3.05) is 0 Å². The Morgan fingerprint density at radius 3 is 1.00 bits per heavy atom. The van der Waals surface area contributed by atoms with Gasteiger partial charge >= 0.3 is 0 Å². The summed E-state index contributed by atoms with van der Waals surface area (Å²) in [6.45, 7) is 21.0. The molecular formula is C21H27Si. The Morgan fingerprint density at radius 2 is 0.682 bits per heavy atom. The molecule has 1 heteroatoms. The maximum atomic E-state index is 2.50. The van der Waals surface area contributed by atoms with Crippen LogP contribution in [-0.4, -0.2) is 8.80 Å². The van der Waals surface area contributed by atoms with Crippen LogP contribution in [0.25, 0.3) is 11.1 Å². The number of fused-ring (bicyclic) bond motifs is 3. The first-order valence-corrected chi connectivity index (χ1v) is 10.2. The summed E-state index contributed by atoms with van der Waals surface area (Å²) in [6.07, 6.45) is 0. The summed E-state index contributed by atoms with van der Waals surface area (Å²) in [6, 6.07) is 0. The Hall–Kier alpha value is -1.34. The van der Waals surface area contributed by atoms with Crippen LogP contribution >= 0.6 is 0 Å². The molecule has 0 unspecified atom stereocenters. The van der Waals surface area contributed by atoms with E-state index < -0.39 is 8.80 Å². The SMILES string of the molecule is Cc1c(C)c(C)c2c(c1C)-c1c(C)c(C)c(C)c(C)c1[Si]2C. The van der Waals surface area contributed by atoms with Gasteiger partial charge in [0, 0.05) is 0 Å². The van der Waals surface area contributed by atoms with Crippen LogP contribution in [0.1, 0.15) is 44.5 Å². The highest BCUT2D eigenvalue weighted by atomic mass is 28.3. The molecule has 0 aliphatic carbocycles. The zero-order valence-corrected chi connectivity index (χ0v) is 16.5. The lowest BCUT2D eigenvalue weighted by molar-refractivity contribution is 1.22. The Labute approximate surface area is 137 Å². The Morgan fingerprint density at radius 1 is 0.409 bits per heavy atom. The predicted octanol–water partition coefficient (Wildman–Crippen LogP) is 4.37. The van der Waals surface area contributed by atoms with Crippen molar-refractivity contribution >= 4 is 19.2 Å². The van der Waals surface area contributed by atoms with E-state index in [0.29, 0.717) is 0 Å². The smallest absolute Gasteiger partial charge is 0.0628 e. The average molecular weight is 308 g/mol. The molecular weight excluding hydrogens is 280 g/mol. The van der Waals surface area contributed by atoms with Gasteiger partial charge in [-0.2, -0.15) is 0 Å². The summed E-state index contributed by atoms with van der Waals surface area (Å²) >= 11 is 0. The van der Waals surface area contributed by atoms with Crippen LogP contribution in [0.2, 0.25) is 6.55 Å². The molecule has 0 fully saturated rings. The van der Waals surface area contributed by atoms with Crippen molar-refractivity contribution in [3.8, 4) is 11.1 Å². The number of benzene rings is 2. The van der Waals surface area contributed by atoms with Gasteiger partial charge in [-0.15, -0.1) is 0 Å². The van der Waals surface area contributed by atoms with E-state index in [2.05, 4.69) is 61.9 Å². The summed E-state index contributed by atoms with van der Waals surface area (Å²) in [7, 11) is -0.652. The molecule has 1 aliphatic heterocycles. The average Bonchev–Trinajstić information content (AvgIpc) is 2.80.